The van der Waals surface area contributed by atoms with E-state index in [-0.39, 0.29) is 11.9 Å². The van der Waals surface area contributed by atoms with Gasteiger partial charge in [-0.2, -0.15) is 0 Å². The van der Waals surface area contributed by atoms with Crippen LogP contribution < -0.4 is 5.32 Å². The van der Waals surface area contributed by atoms with Crippen LogP contribution in [-0.4, -0.2) is 30.4 Å². The van der Waals surface area contributed by atoms with Crippen molar-refractivity contribution in [3.05, 3.63) is 35.6 Å². The first kappa shape index (κ1) is 16.9. The maximum Gasteiger partial charge on any atom is 0.123 e. The van der Waals surface area contributed by atoms with Gasteiger partial charge in [0.25, 0.3) is 0 Å². The number of aliphatic hydroxyl groups is 1. The molecule has 1 heterocycles. The summed E-state index contributed by atoms with van der Waals surface area (Å²) in [6.07, 6.45) is 7.89. The molecular formula is C19H28FNO2. The maximum absolute atomic E-state index is 13.3. The number of halogens is 1. The van der Waals surface area contributed by atoms with E-state index < -0.39 is 6.10 Å². The Bertz CT molecular complexity index is 502. The van der Waals surface area contributed by atoms with Gasteiger partial charge >= 0.3 is 0 Å². The zero-order chi connectivity index (χ0) is 16.2. The first-order chi connectivity index (χ1) is 11.2. The summed E-state index contributed by atoms with van der Waals surface area (Å²) in [6, 6.07) is 6.83. The molecule has 0 spiro atoms. The smallest absolute Gasteiger partial charge is 0.123 e. The summed E-state index contributed by atoms with van der Waals surface area (Å²) >= 11 is 0. The lowest BCUT2D eigenvalue weighted by Crippen LogP contribution is -2.35. The highest BCUT2D eigenvalue weighted by molar-refractivity contribution is 5.20. The predicted molar refractivity (Wildman–Crippen MR) is 88.7 cm³/mol. The van der Waals surface area contributed by atoms with Crippen molar-refractivity contribution in [1.29, 1.82) is 0 Å². The number of nitrogens with one attached hydrogen (secondary N) is 1. The predicted octanol–water partition coefficient (Wildman–Crippen LogP) is 3.58. The SMILES string of the molecule is COC1CCC(C[C@H]2CC[C@H]([C@@H](O)c3cccc(F)c3)N2)CC1. The number of ether oxygens (including phenoxy) is 1. The van der Waals surface area contributed by atoms with Gasteiger partial charge in [-0.25, -0.2) is 4.39 Å². The van der Waals surface area contributed by atoms with Crippen molar-refractivity contribution in [2.24, 2.45) is 5.92 Å². The second-order valence-electron chi connectivity index (χ2n) is 7.16. The second kappa shape index (κ2) is 7.73. The van der Waals surface area contributed by atoms with Crippen molar-refractivity contribution in [3.63, 3.8) is 0 Å². The molecule has 23 heavy (non-hydrogen) atoms. The fraction of sp³-hybridized carbons (Fsp3) is 0.684. The summed E-state index contributed by atoms with van der Waals surface area (Å²) in [4.78, 5) is 0. The fourth-order valence-corrected chi connectivity index (χ4v) is 4.21. The molecular weight excluding hydrogens is 293 g/mol. The molecule has 0 unspecified atom stereocenters. The summed E-state index contributed by atoms with van der Waals surface area (Å²) in [6.45, 7) is 0. The average molecular weight is 321 g/mol. The molecule has 0 aromatic heterocycles. The largest absolute Gasteiger partial charge is 0.387 e. The molecule has 2 aliphatic rings. The summed E-state index contributed by atoms with van der Waals surface area (Å²) in [7, 11) is 1.81. The quantitative estimate of drug-likeness (QED) is 0.871. The molecule has 0 radical (unpaired) electrons. The van der Waals surface area contributed by atoms with Crippen molar-refractivity contribution in [1.82, 2.24) is 5.32 Å². The fourth-order valence-electron chi connectivity index (χ4n) is 4.21. The molecule has 1 aromatic rings. The minimum absolute atomic E-state index is 0.0390. The molecule has 128 valence electrons. The van der Waals surface area contributed by atoms with E-state index in [0.29, 0.717) is 17.7 Å². The monoisotopic (exact) mass is 321 g/mol. The third kappa shape index (κ3) is 4.31. The van der Waals surface area contributed by atoms with Gasteiger partial charge in [-0.15, -0.1) is 0 Å². The molecule has 0 amide bonds. The molecule has 1 aromatic carbocycles. The summed E-state index contributed by atoms with van der Waals surface area (Å²) in [5.74, 6) is 0.481. The molecule has 4 heteroatoms. The standard InChI is InChI=1S/C19H28FNO2/c1-23-17-8-5-13(6-9-17)11-16-7-10-18(21-16)19(22)14-3-2-4-15(20)12-14/h2-4,12-13,16-19,21-22H,5-11H2,1H3/t13?,16-,17?,18-,19+/m1/s1. The average Bonchev–Trinajstić information content (AvgIpc) is 3.03. The van der Waals surface area contributed by atoms with Crippen LogP contribution in [0.2, 0.25) is 0 Å². The molecule has 1 saturated carbocycles. The van der Waals surface area contributed by atoms with Crippen molar-refractivity contribution in [2.45, 2.75) is 69.2 Å². The van der Waals surface area contributed by atoms with E-state index in [4.69, 9.17) is 4.74 Å². The minimum atomic E-state index is -0.625. The zero-order valence-electron chi connectivity index (χ0n) is 13.9. The van der Waals surface area contributed by atoms with Gasteiger partial charge in [0.1, 0.15) is 5.82 Å². The Morgan fingerprint density at radius 1 is 1.22 bits per heavy atom. The summed E-state index contributed by atoms with van der Waals surface area (Å²) < 4.78 is 18.8. The summed E-state index contributed by atoms with van der Waals surface area (Å²) in [5, 5.41) is 14.1. The minimum Gasteiger partial charge on any atom is -0.387 e. The third-order valence-electron chi connectivity index (χ3n) is 5.59. The highest BCUT2D eigenvalue weighted by Crippen LogP contribution is 2.33. The number of benzene rings is 1. The first-order valence-corrected chi connectivity index (χ1v) is 8.88. The van der Waals surface area contributed by atoms with Crippen molar-refractivity contribution >= 4 is 0 Å². The highest BCUT2D eigenvalue weighted by atomic mass is 19.1. The Labute approximate surface area is 138 Å². The molecule has 1 aliphatic carbocycles. The molecule has 3 atom stereocenters. The van der Waals surface area contributed by atoms with E-state index in [2.05, 4.69) is 5.32 Å². The van der Waals surface area contributed by atoms with Gasteiger partial charge in [0.15, 0.2) is 0 Å². The normalized spacial score (nSPS) is 32.8. The van der Waals surface area contributed by atoms with E-state index in [0.717, 1.165) is 18.8 Å². The van der Waals surface area contributed by atoms with Gasteiger partial charge in [0.2, 0.25) is 0 Å². The van der Waals surface area contributed by atoms with Gasteiger partial charge in [-0.05, 0) is 68.6 Å². The van der Waals surface area contributed by atoms with Crippen LogP contribution in [-0.2, 0) is 4.74 Å². The molecule has 3 rings (SSSR count). The van der Waals surface area contributed by atoms with Crippen LogP contribution in [0.1, 0.15) is 56.6 Å². The van der Waals surface area contributed by atoms with Gasteiger partial charge in [0.05, 0.1) is 12.2 Å². The van der Waals surface area contributed by atoms with Gasteiger partial charge in [-0.1, -0.05) is 12.1 Å². The summed E-state index contributed by atoms with van der Waals surface area (Å²) in [5.41, 5.74) is 0.670. The van der Waals surface area contributed by atoms with Crippen molar-refractivity contribution in [3.8, 4) is 0 Å². The van der Waals surface area contributed by atoms with Crippen LogP contribution in [0.4, 0.5) is 4.39 Å². The van der Waals surface area contributed by atoms with Crippen LogP contribution in [0.15, 0.2) is 24.3 Å². The lowest BCUT2D eigenvalue weighted by Gasteiger charge is -2.29. The Hall–Kier alpha value is -0.970. The molecule has 1 saturated heterocycles. The van der Waals surface area contributed by atoms with Crippen LogP contribution in [0.5, 0.6) is 0 Å². The van der Waals surface area contributed by atoms with E-state index in [9.17, 15) is 9.50 Å². The Morgan fingerprint density at radius 2 is 2.00 bits per heavy atom. The van der Waals surface area contributed by atoms with Crippen LogP contribution in [0, 0.1) is 11.7 Å². The number of hydrogen-bond donors (Lipinski definition) is 2. The van der Waals surface area contributed by atoms with Crippen LogP contribution >= 0.6 is 0 Å². The topological polar surface area (TPSA) is 41.5 Å². The lowest BCUT2D eigenvalue weighted by molar-refractivity contribution is 0.0538. The lowest BCUT2D eigenvalue weighted by atomic mass is 9.83. The first-order valence-electron chi connectivity index (χ1n) is 8.88. The molecule has 1 aliphatic heterocycles. The Balaban J connectivity index is 1.49. The van der Waals surface area contributed by atoms with E-state index in [1.807, 2.05) is 7.11 Å². The van der Waals surface area contributed by atoms with E-state index >= 15 is 0 Å². The molecule has 0 bridgehead atoms. The van der Waals surface area contributed by atoms with Gasteiger partial charge in [-0.3, -0.25) is 0 Å². The van der Waals surface area contributed by atoms with Crippen LogP contribution in [0.3, 0.4) is 0 Å². The molecule has 3 nitrogen and oxygen atoms in total. The Morgan fingerprint density at radius 3 is 2.70 bits per heavy atom. The number of hydrogen-bond acceptors (Lipinski definition) is 3. The number of rotatable bonds is 5. The molecule has 2 fully saturated rings. The maximum atomic E-state index is 13.3. The van der Waals surface area contributed by atoms with E-state index in [1.54, 1.807) is 12.1 Å². The van der Waals surface area contributed by atoms with Crippen molar-refractivity contribution in [2.75, 3.05) is 7.11 Å². The van der Waals surface area contributed by atoms with E-state index in [1.165, 1.54) is 44.2 Å². The molecule has 2 N–H and O–H groups in total. The van der Waals surface area contributed by atoms with Gasteiger partial charge in [0, 0.05) is 19.2 Å². The Kier molecular flexibility index (Phi) is 5.67. The second-order valence-corrected chi connectivity index (χ2v) is 7.16. The van der Waals surface area contributed by atoms with Crippen molar-refractivity contribution < 1.29 is 14.2 Å². The third-order valence-corrected chi connectivity index (χ3v) is 5.59. The zero-order valence-corrected chi connectivity index (χ0v) is 13.9. The number of methoxy groups -OCH3 is 1. The number of aliphatic hydroxyl groups excluding tert-OH is 1. The van der Waals surface area contributed by atoms with Gasteiger partial charge < -0.3 is 15.2 Å². The highest BCUT2D eigenvalue weighted by Gasteiger charge is 2.32. The van der Waals surface area contributed by atoms with Crippen LogP contribution in [0.25, 0.3) is 0 Å².